The molecule has 6 heteroatoms. The quantitative estimate of drug-likeness (QED) is 0.593. The van der Waals surface area contributed by atoms with Gasteiger partial charge in [0.25, 0.3) is 0 Å². The van der Waals surface area contributed by atoms with Crippen molar-refractivity contribution in [2.45, 2.75) is 6.18 Å². The van der Waals surface area contributed by atoms with E-state index in [0.29, 0.717) is 11.1 Å². The molecule has 3 aromatic rings. The van der Waals surface area contributed by atoms with Crippen LogP contribution in [0.1, 0.15) is 15.9 Å². The molecule has 0 saturated heterocycles. The Morgan fingerprint density at radius 2 is 1.42 bits per heavy atom. The van der Waals surface area contributed by atoms with Gasteiger partial charge in [-0.15, -0.1) is 0 Å². The molecule has 26 heavy (non-hydrogen) atoms. The fourth-order valence-corrected chi connectivity index (χ4v) is 2.75. The highest BCUT2D eigenvalue weighted by Gasteiger charge is 2.34. The van der Waals surface area contributed by atoms with Crippen LogP contribution in [0.15, 0.2) is 66.7 Å². The maximum absolute atomic E-state index is 13.4. The number of aromatic carboxylic acids is 1. The first-order valence-electron chi connectivity index (χ1n) is 7.57. The van der Waals surface area contributed by atoms with Crippen molar-refractivity contribution < 1.29 is 27.5 Å². The maximum Gasteiger partial charge on any atom is 0.417 e. The van der Waals surface area contributed by atoms with E-state index in [1.54, 1.807) is 6.07 Å². The summed E-state index contributed by atoms with van der Waals surface area (Å²) < 4.78 is 53.3. The number of benzene rings is 3. The van der Waals surface area contributed by atoms with Crippen LogP contribution in [0.4, 0.5) is 17.6 Å². The van der Waals surface area contributed by atoms with Crippen LogP contribution in [0.3, 0.4) is 0 Å². The number of carbonyl (C=O) groups is 1. The van der Waals surface area contributed by atoms with Gasteiger partial charge in [0, 0.05) is 0 Å². The van der Waals surface area contributed by atoms with Crippen molar-refractivity contribution in [3.63, 3.8) is 0 Å². The first-order valence-corrected chi connectivity index (χ1v) is 7.57. The van der Waals surface area contributed by atoms with Gasteiger partial charge in [0.2, 0.25) is 0 Å². The van der Waals surface area contributed by atoms with Gasteiger partial charge in [0.05, 0.1) is 11.1 Å². The Balaban J connectivity index is 2.24. The Bertz CT molecular complexity index is 960. The summed E-state index contributed by atoms with van der Waals surface area (Å²) in [6.07, 6.45) is -4.60. The average Bonchev–Trinajstić information content (AvgIpc) is 2.61. The lowest BCUT2D eigenvalue weighted by Crippen LogP contribution is -2.07. The summed E-state index contributed by atoms with van der Waals surface area (Å²) in [5, 5.41) is 9.31. The third-order valence-electron chi connectivity index (χ3n) is 3.95. The Kier molecular flexibility index (Phi) is 4.50. The summed E-state index contributed by atoms with van der Waals surface area (Å²) in [5.41, 5.74) is -0.214. The maximum atomic E-state index is 13.4. The molecule has 0 aliphatic rings. The number of carboxylic acids is 1. The number of rotatable bonds is 3. The summed E-state index contributed by atoms with van der Waals surface area (Å²) >= 11 is 0. The zero-order valence-corrected chi connectivity index (χ0v) is 13.2. The molecule has 0 aromatic heterocycles. The van der Waals surface area contributed by atoms with E-state index in [4.69, 9.17) is 0 Å². The predicted molar refractivity (Wildman–Crippen MR) is 89.2 cm³/mol. The second-order valence-corrected chi connectivity index (χ2v) is 5.62. The molecule has 0 fully saturated rings. The molecule has 0 saturated carbocycles. The molecule has 132 valence electrons. The molecule has 0 heterocycles. The van der Waals surface area contributed by atoms with E-state index in [0.717, 1.165) is 18.2 Å². The zero-order valence-electron chi connectivity index (χ0n) is 13.2. The normalized spacial score (nSPS) is 11.4. The summed E-state index contributed by atoms with van der Waals surface area (Å²) in [7, 11) is 0. The largest absolute Gasteiger partial charge is 0.478 e. The van der Waals surface area contributed by atoms with Gasteiger partial charge in [-0.05, 0) is 52.6 Å². The second-order valence-electron chi connectivity index (χ2n) is 5.62. The van der Waals surface area contributed by atoms with Crippen LogP contribution in [-0.4, -0.2) is 11.1 Å². The Hall–Kier alpha value is -3.15. The van der Waals surface area contributed by atoms with E-state index in [9.17, 15) is 27.5 Å². The van der Waals surface area contributed by atoms with Crippen molar-refractivity contribution in [3.8, 4) is 22.3 Å². The van der Waals surface area contributed by atoms with Gasteiger partial charge in [-0.25, -0.2) is 9.18 Å². The smallest absolute Gasteiger partial charge is 0.417 e. The average molecular weight is 360 g/mol. The highest BCUT2D eigenvalue weighted by Crippen LogP contribution is 2.39. The topological polar surface area (TPSA) is 37.3 Å². The minimum absolute atomic E-state index is 0.0164. The van der Waals surface area contributed by atoms with Gasteiger partial charge in [-0.1, -0.05) is 36.4 Å². The van der Waals surface area contributed by atoms with Gasteiger partial charge < -0.3 is 5.11 Å². The van der Waals surface area contributed by atoms with Crippen LogP contribution in [0.2, 0.25) is 0 Å². The van der Waals surface area contributed by atoms with Crippen molar-refractivity contribution >= 4 is 5.97 Å². The van der Waals surface area contributed by atoms with Crippen LogP contribution >= 0.6 is 0 Å². The standard InChI is InChI=1S/C20H12F4O2/c21-14-8-5-12(6-9-14)17-11-13(7-10-18(17)20(22,23)24)15-3-1-2-4-16(15)19(25)26/h1-11H,(H,25,26). The monoisotopic (exact) mass is 360 g/mol. The molecule has 0 aliphatic heterocycles. The molecular formula is C20H12F4O2. The van der Waals surface area contributed by atoms with Crippen LogP contribution in [-0.2, 0) is 6.18 Å². The Morgan fingerprint density at radius 1 is 0.808 bits per heavy atom. The molecule has 0 aliphatic carbocycles. The van der Waals surface area contributed by atoms with Crippen molar-refractivity contribution in [3.05, 3.63) is 83.7 Å². The van der Waals surface area contributed by atoms with E-state index < -0.39 is 23.5 Å². The van der Waals surface area contributed by atoms with Crippen molar-refractivity contribution in [2.75, 3.05) is 0 Å². The van der Waals surface area contributed by atoms with Crippen molar-refractivity contribution in [1.82, 2.24) is 0 Å². The first kappa shape index (κ1) is 17.7. The summed E-state index contributed by atoms with van der Waals surface area (Å²) in [6, 6.07) is 14.1. The van der Waals surface area contributed by atoms with E-state index in [1.165, 1.54) is 42.5 Å². The zero-order chi connectivity index (χ0) is 18.9. The van der Waals surface area contributed by atoms with Gasteiger partial charge in [0.1, 0.15) is 5.82 Å². The number of hydrogen-bond acceptors (Lipinski definition) is 1. The molecule has 0 atom stereocenters. The Morgan fingerprint density at radius 3 is 2.04 bits per heavy atom. The molecule has 0 amide bonds. The van der Waals surface area contributed by atoms with Crippen LogP contribution in [0.25, 0.3) is 22.3 Å². The number of hydrogen-bond donors (Lipinski definition) is 1. The molecule has 0 bridgehead atoms. The molecule has 1 N–H and O–H groups in total. The lowest BCUT2D eigenvalue weighted by Gasteiger charge is -2.16. The highest BCUT2D eigenvalue weighted by atomic mass is 19.4. The molecule has 0 unspecified atom stereocenters. The third kappa shape index (κ3) is 3.44. The first-order chi connectivity index (χ1) is 12.3. The predicted octanol–water partition coefficient (Wildman–Crippen LogP) is 5.88. The Labute approximate surface area is 146 Å². The van der Waals surface area contributed by atoms with Crippen LogP contribution in [0.5, 0.6) is 0 Å². The van der Waals surface area contributed by atoms with Gasteiger partial charge >= 0.3 is 12.1 Å². The minimum atomic E-state index is -4.60. The third-order valence-corrected chi connectivity index (χ3v) is 3.95. The second kappa shape index (κ2) is 6.63. The van der Waals surface area contributed by atoms with Gasteiger partial charge in [-0.3, -0.25) is 0 Å². The molecule has 0 radical (unpaired) electrons. The van der Waals surface area contributed by atoms with Crippen molar-refractivity contribution in [1.29, 1.82) is 0 Å². The summed E-state index contributed by atoms with van der Waals surface area (Å²) in [6.45, 7) is 0. The summed E-state index contributed by atoms with van der Waals surface area (Å²) in [4.78, 5) is 11.4. The summed E-state index contributed by atoms with van der Waals surface area (Å²) in [5.74, 6) is -1.74. The number of carboxylic acid groups (broad SMARTS) is 1. The molecule has 3 aromatic carbocycles. The lowest BCUT2D eigenvalue weighted by atomic mass is 9.92. The van der Waals surface area contributed by atoms with E-state index >= 15 is 0 Å². The van der Waals surface area contributed by atoms with Gasteiger partial charge in [0.15, 0.2) is 0 Å². The number of halogens is 4. The fraction of sp³-hybridized carbons (Fsp3) is 0.0500. The van der Waals surface area contributed by atoms with E-state index in [-0.39, 0.29) is 16.7 Å². The molecule has 3 rings (SSSR count). The van der Waals surface area contributed by atoms with E-state index in [2.05, 4.69) is 0 Å². The fourth-order valence-electron chi connectivity index (χ4n) is 2.75. The highest BCUT2D eigenvalue weighted by molar-refractivity contribution is 5.96. The molecule has 2 nitrogen and oxygen atoms in total. The molecule has 0 spiro atoms. The van der Waals surface area contributed by atoms with Crippen molar-refractivity contribution in [2.24, 2.45) is 0 Å². The SMILES string of the molecule is O=C(O)c1ccccc1-c1ccc(C(F)(F)F)c(-c2ccc(F)cc2)c1. The number of alkyl halides is 3. The lowest BCUT2D eigenvalue weighted by molar-refractivity contribution is -0.137. The van der Waals surface area contributed by atoms with E-state index in [1.807, 2.05) is 0 Å². The van der Waals surface area contributed by atoms with Crippen LogP contribution < -0.4 is 0 Å². The molecular weight excluding hydrogens is 348 g/mol. The van der Waals surface area contributed by atoms with Crippen LogP contribution in [0, 0.1) is 5.82 Å². The van der Waals surface area contributed by atoms with Gasteiger partial charge in [-0.2, -0.15) is 13.2 Å². The minimum Gasteiger partial charge on any atom is -0.478 e.